The first kappa shape index (κ1) is 20.4. The highest BCUT2D eigenvalue weighted by atomic mass is 35.5. The predicted molar refractivity (Wildman–Crippen MR) is 115 cm³/mol. The van der Waals surface area contributed by atoms with E-state index < -0.39 is 5.60 Å². The number of Topliss-reactive ketones (excluding diaryl/α,β-unsaturated/α-hetero) is 1. The summed E-state index contributed by atoms with van der Waals surface area (Å²) in [6, 6.07) is 11.2. The Kier molecular flexibility index (Phi) is 5.69. The second-order valence-electron chi connectivity index (χ2n) is 7.99. The van der Waals surface area contributed by atoms with Crippen molar-refractivity contribution in [2.45, 2.75) is 51.2 Å². The van der Waals surface area contributed by atoms with Gasteiger partial charge in [-0.15, -0.1) is 0 Å². The van der Waals surface area contributed by atoms with E-state index in [1.807, 2.05) is 44.2 Å². The minimum Gasteiger partial charge on any atom is -0.384 e. The number of oxime groups is 1. The summed E-state index contributed by atoms with van der Waals surface area (Å²) in [4.78, 5) is 18.4. The first-order valence-corrected chi connectivity index (χ1v) is 10.6. The normalized spacial score (nSPS) is 23.7. The molecule has 0 radical (unpaired) electrons. The molecule has 0 aromatic heterocycles. The summed E-state index contributed by atoms with van der Waals surface area (Å²) < 4.78 is 5.60. The molecule has 1 fully saturated rings. The van der Waals surface area contributed by atoms with Crippen molar-refractivity contribution in [2.75, 3.05) is 6.61 Å². The third-order valence-corrected chi connectivity index (χ3v) is 6.07. The fourth-order valence-electron chi connectivity index (χ4n) is 3.99. The van der Waals surface area contributed by atoms with Crippen molar-refractivity contribution in [3.8, 4) is 0 Å². The molecule has 2 atom stereocenters. The second kappa shape index (κ2) is 8.10. The van der Waals surface area contributed by atoms with Crippen molar-refractivity contribution < 1.29 is 14.4 Å². The lowest BCUT2D eigenvalue weighted by Crippen LogP contribution is -2.22. The number of ether oxygens (including phenoxy) is 1. The lowest BCUT2D eigenvalue weighted by molar-refractivity contribution is -0.00737. The number of aryl methyl sites for hydroxylation is 1. The molecule has 2 aliphatic rings. The third kappa shape index (κ3) is 4.35. The Morgan fingerprint density at radius 1 is 1.21 bits per heavy atom. The zero-order valence-electron chi connectivity index (χ0n) is 16.5. The minimum absolute atomic E-state index is 0.0550. The van der Waals surface area contributed by atoms with Crippen LogP contribution in [0, 0.1) is 6.92 Å². The van der Waals surface area contributed by atoms with Crippen LogP contribution in [0.3, 0.4) is 0 Å². The van der Waals surface area contributed by atoms with E-state index in [0.717, 1.165) is 47.4 Å². The number of halogens is 2. The maximum atomic E-state index is 12.6. The highest BCUT2D eigenvalue weighted by molar-refractivity contribution is 6.34. The summed E-state index contributed by atoms with van der Waals surface area (Å²) in [5.74, 6) is 0.129. The van der Waals surface area contributed by atoms with Gasteiger partial charge in [0.15, 0.2) is 11.4 Å². The molecule has 0 bridgehead atoms. The molecule has 2 aromatic carbocycles. The lowest BCUT2D eigenvalue weighted by atomic mass is 9.88. The molecule has 0 saturated carbocycles. The Hall–Kier alpha value is -1.88. The van der Waals surface area contributed by atoms with Gasteiger partial charge >= 0.3 is 0 Å². The van der Waals surface area contributed by atoms with Gasteiger partial charge in [-0.25, -0.2) is 0 Å². The Balaban J connectivity index is 1.50. The molecule has 2 aromatic rings. The lowest BCUT2D eigenvalue weighted by Gasteiger charge is -2.22. The van der Waals surface area contributed by atoms with Gasteiger partial charge < -0.3 is 9.57 Å². The van der Waals surface area contributed by atoms with Crippen LogP contribution < -0.4 is 0 Å². The van der Waals surface area contributed by atoms with Gasteiger partial charge in [0.2, 0.25) is 0 Å². The van der Waals surface area contributed by atoms with Crippen molar-refractivity contribution >= 4 is 34.7 Å². The topological polar surface area (TPSA) is 47.9 Å². The Labute approximate surface area is 180 Å². The molecule has 0 aliphatic carbocycles. The largest absolute Gasteiger partial charge is 0.384 e. The molecule has 2 unspecified atom stereocenters. The number of carbonyl (C=O) groups excluding carboxylic acids is 1. The molecule has 2 heterocycles. The molecule has 1 saturated heterocycles. The van der Waals surface area contributed by atoms with Crippen molar-refractivity contribution in [3.63, 3.8) is 0 Å². The van der Waals surface area contributed by atoms with Crippen LogP contribution in [0.1, 0.15) is 59.7 Å². The average Bonchev–Trinajstić information content (AvgIpc) is 3.31. The van der Waals surface area contributed by atoms with Gasteiger partial charge in [0.25, 0.3) is 0 Å². The van der Waals surface area contributed by atoms with E-state index >= 15 is 0 Å². The maximum Gasteiger partial charge on any atom is 0.165 e. The smallest absolute Gasteiger partial charge is 0.165 e. The van der Waals surface area contributed by atoms with E-state index in [2.05, 4.69) is 5.16 Å². The summed E-state index contributed by atoms with van der Waals surface area (Å²) in [5, 5.41) is 5.45. The monoisotopic (exact) mass is 431 g/mol. The average molecular weight is 432 g/mol. The van der Waals surface area contributed by atoms with Crippen LogP contribution in [0.25, 0.3) is 0 Å². The van der Waals surface area contributed by atoms with Gasteiger partial charge in [0.1, 0.15) is 0 Å². The number of nitrogens with zero attached hydrogens (tertiary/aromatic N) is 1. The zero-order chi connectivity index (χ0) is 20.6. The van der Waals surface area contributed by atoms with Crippen LogP contribution in [-0.2, 0) is 15.2 Å². The number of carbonyl (C=O) groups is 1. The van der Waals surface area contributed by atoms with E-state index in [1.54, 1.807) is 6.07 Å². The number of benzene rings is 2. The molecule has 6 heteroatoms. The summed E-state index contributed by atoms with van der Waals surface area (Å²) in [6.45, 7) is 4.68. The first-order chi connectivity index (χ1) is 13.8. The minimum atomic E-state index is -0.633. The predicted octanol–water partition coefficient (Wildman–Crippen LogP) is 6.09. The Bertz CT molecular complexity index is 962. The van der Waals surface area contributed by atoms with Gasteiger partial charge in [-0.05, 0) is 62.1 Å². The molecule has 0 amide bonds. The van der Waals surface area contributed by atoms with Gasteiger partial charge in [-0.1, -0.05) is 40.5 Å². The fraction of sp³-hybridized carbons (Fsp3) is 0.391. The van der Waals surface area contributed by atoms with E-state index in [0.29, 0.717) is 22.9 Å². The molecular weight excluding hydrogens is 409 g/mol. The Morgan fingerprint density at radius 3 is 2.62 bits per heavy atom. The first-order valence-electron chi connectivity index (χ1n) is 9.81. The number of hydrogen-bond donors (Lipinski definition) is 0. The van der Waals surface area contributed by atoms with Crippen LogP contribution in [0.15, 0.2) is 41.6 Å². The number of hydrogen-bond acceptors (Lipinski definition) is 4. The number of rotatable bonds is 5. The molecule has 4 rings (SSSR count). The molecular formula is C23H23Cl2NO3. The van der Waals surface area contributed by atoms with E-state index in [9.17, 15) is 4.79 Å². The fourth-order valence-corrected chi connectivity index (χ4v) is 4.51. The highest BCUT2D eigenvalue weighted by Crippen LogP contribution is 2.38. The van der Waals surface area contributed by atoms with Gasteiger partial charge in [-0.3, -0.25) is 4.79 Å². The molecule has 152 valence electrons. The van der Waals surface area contributed by atoms with Gasteiger partial charge in [0, 0.05) is 40.6 Å². The number of ketones is 1. The second-order valence-corrected chi connectivity index (χ2v) is 8.86. The molecule has 4 nitrogen and oxygen atoms in total. The van der Waals surface area contributed by atoms with Crippen molar-refractivity contribution in [3.05, 3.63) is 68.7 Å². The van der Waals surface area contributed by atoms with Crippen molar-refractivity contribution in [2.24, 2.45) is 5.16 Å². The van der Waals surface area contributed by atoms with Gasteiger partial charge in [0.05, 0.1) is 11.8 Å². The molecule has 2 aliphatic heterocycles. The van der Waals surface area contributed by atoms with E-state index in [-0.39, 0.29) is 11.9 Å². The molecule has 29 heavy (non-hydrogen) atoms. The van der Waals surface area contributed by atoms with Crippen LogP contribution in [-0.4, -0.2) is 24.2 Å². The third-order valence-electron chi connectivity index (χ3n) is 5.63. The van der Waals surface area contributed by atoms with Crippen LogP contribution in [0.5, 0.6) is 0 Å². The zero-order valence-corrected chi connectivity index (χ0v) is 18.0. The van der Waals surface area contributed by atoms with Crippen molar-refractivity contribution in [1.29, 1.82) is 0 Å². The summed E-state index contributed by atoms with van der Waals surface area (Å²) >= 11 is 12.3. The highest BCUT2D eigenvalue weighted by Gasteiger charge is 2.37. The molecule has 0 N–H and O–H groups in total. The molecule has 0 spiro atoms. The van der Waals surface area contributed by atoms with Crippen molar-refractivity contribution in [1.82, 2.24) is 0 Å². The van der Waals surface area contributed by atoms with Crippen LogP contribution in [0.4, 0.5) is 0 Å². The Morgan fingerprint density at radius 2 is 1.97 bits per heavy atom. The van der Waals surface area contributed by atoms with Crippen LogP contribution in [0.2, 0.25) is 10.0 Å². The summed E-state index contributed by atoms with van der Waals surface area (Å²) in [5.41, 5.74) is 3.72. The summed E-state index contributed by atoms with van der Waals surface area (Å²) in [6.07, 6.45) is 3.08. The maximum absolute atomic E-state index is 12.6. The SMILES string of the molecule is Cc1cc(C2=NOC(C)(c3cc(Cl)cc(Cl)c3)C2)ccc1C(=O)CC1CCCO1. The standard InChI is InChI=1S/C23H23Cl2NO3/c1-14-8-15(5-6-20(14)22(27)12-19-4-3-7-28-19)21-13-23(2,29-26-21)16-9-17(24)11-18(25)10-16/h5-6,8-11,19H,3-4,7,12-13H2,1-2H3. The summed E-state index contributed by atoms with van der Waals surface area (Å²) in [7, 11) is 0. The van der Waals surface area contributed by atoms with Crippen LogP contribution >= 0.6 is 23.2 Å². The quantitative estimate of drug-likeness (QED) is 0.537. The van der Waals surface area contributed by atoms with E-state index in [1.165, 1.54) is 0 Å². The van der Waals surface area contributed by atoms with Gasteiger partial charge in [-0.2, -0.15) is 0 Å². The van der Waals surface area contributed by atoms with E-state index in [4.69, 9.17) is 32.8 Å².